The largest absolute Gasteiger partial charge is 0.508 e. The summed E-state index contributed by atoms with van der Waals surface area (Å²) in [5, 5.41) is 44.9. The number of amides is 3. The van der Waals surface area contributed by atoms with E-state index in [9.17, 15) is 39.3 Å². The molecule has 14 heteroatoms. The summed E-state index contributed by atoms with van der Waals surface area (Å²) >= 11 is 1.39. The van der Waals surface area contributed by atoms with E-state index in [0.717, 1.165) is 0 Å². The number of rotatable bonds is 16. The fraction of sp³-hybridized carbons (Fsp3) is 0.522. The average Bonchev–Trinajstić information content (AvgIpc) is 2.83. The third kappa shape index (κ3) is 11.5. The smallest absolute Gasteiger partial charge is 0.326 e. The number of hydrogen-bond donors (Lipinski definition) is 8. The van der Waals surface area contributed by atoms with Gasteiger partial charge in [0, 0.05) is 12.8 Å². The van der Waals surface area contributed by atoms with E-state index in [1.54, 1.807) is 6.26 Å². The van der Waals surface area contributed by atoms with Crippen molar-refractivity contribution in [2.45, 2.75) is 62.9 Å². The highest BCUT2D eigenvalue weighted by atomic mass is 32.2. The van der Waals surface area contributed by atoms with Crippen LogP contribution in [0, 0.1) is 0 Å². The van der Waals surface area contributed by atoms with Gasteiger partial charge in [-0.15, -0.1) is 0 Å². The second-order valence-corrected chi connectivity index (χ2v) is 9.36. The molecule has 5 atom stereocenters. The number of carbonyl (C=O) groups is 5. The predicted octanol–water partition coefficient (Wildman–Crippen LogP) is -1.20. The van der Waals surface area contributed by atoms with Gasteiger partial charge in [0.05, 0.1) is 12.1 Å². The van der Waals surface area contributed by atoms with Crippen LogP contribution in [-0.4, -0.2) is 92.4 Å². The Morgan fingerprint density at radius 2 is 1.51 bits per heavy atom. The zero-order chi connectivity index (χ0) is 28.1. The Hall–Kier alpha value is -3.36. The van der Waals surface area contributed by atoms with Gasteiger partial charge in [0.25, 0.3) is 0 Å². The fourth-order valence-corrected chi connectivity index (χ4v) is 3.65. The van der Waals surface area contributed by atoms with E-state index in [4.69, 9.17) is 10.8 Å². The number of carboxylic acid groups (broad SMARTS) is 2. The maximum Gasteiger partial charge on any atom is 0.326 e. The molecule has 0 aromatic heterocycles. The van der Waals surface area contributed by atoms with Crippen LogP contribution >= 0.6 is 11.8 Å². The number of hydrogen-bond acceptors (Lipinski definition) is 9. The van der Waals surface area contributed by atoms with Crippen LogP contribution in [0.15, 0.2) is 24.3 Å². The minimum atomic E-state index is -1.50. The molecule has 0 aliphatic carbocycles. The first-order valence-corrected chi connectivity index (χ1v) is 12.8. The number of phenolic OH excluding ortho intramolecular Hbond substituents is 1. The summed E-state index contributed by atoms with van der Waals surface area (Å²) < 4.78 is 0. The van der Waals surface area contributed by atoms with Crippen LogP contribution < -0.4 is 21.7 Å². The molecule has 13 nitrogen and oxygen atoms in total. The molecule has 206 valence electrons. The third-order valence-corrected chi connectivity index (χ3v) is 5.95. The van der Waals surface area contributed by atoms with E-state index >= 15 is 0 Å². The molecule has 37 heavy (non-hydrogen) atoms. The number of aliphatic carboxylic acids is 2. The Morgan fingerprint density at radius 1 is 0.919 bits per heavy atom. The van der Waals surface area contributed by atoms with Gasteiger partial charge in [-0.3, -0.25) is 19.2 Å². The molecule has 1 aromatic rings. The first-order valence-electron chi connectivity index (χ1n) is 11.4. The van der Waals surface area contributed by atoms with Gasteiger partial charge >= 0.3 is 11.9 Å². The monoisotopic (exact) mass is 542 g/mol. The number of aliphatic hydroxyl groups is 1. The molecule has 3 amide bonds. The van der Waals surface area contributed by atoms with Crippen LogP contribution in [0.4, 0.5) is 0 Å². The second-order valence-electron chi connectivity index (χ2n) is 8.38. The van der Waals surface area contributed by atoms with Crippen LogP contribution in [0.2, 0.25) is 0 Å². The van der Waals surface area contributed by atoms with Gasteiger partial charge in [-0.1, -0.05) is 12.1 Å². The van der Waals surface area contributed by atoms with E-state index in [-0.39, 0.29) is 31.4 Å². The minimum Gasteiger partial charge on any atom is -0.508 e. The molecular weight excluding hydrogens is 508 g/mol. The van der Waals surface area contributed by atoms with Gasteiger partial charge in [-0.05, 0) is 49.5 Å². The molecule has 0 spiro atoms. The number of aliphatic hydroxyl groups excluding tert-OH is 1. The zero-order valence-corrected chi connectivity index (χ0v) is 21.4. The van der Waals surface area contributed by atoms with Gasteiger partial charge < -0.3 is 42.1 Å². The van der Waals surface area contributed by atoms with Crippen LogP contribution in [0.5, 0.6) is 5.75 Å². The number of phenols is 1. The summed E-state index contributed by atoms with van der Waals surface area (Å²) in [5.74, 6) is -4.56. The number of thioether (sulfide) groups is 1. The summed E-state index contributed by atoms with van der Waals surface area (Å²) in [5.41, 5.74) is 6.21. The van der Waals surface area contributed by atoms with Crippen molar-refractivity contribution < 1.29 is 44.4 Å². The molecule has 0 heterocycles. The minimum absolute atomic E-state index is 0.00195. The molecule has 1 aromatic carbocycles. The Balaban J connectivity index is 2.94. The summed E-state index contributed by atoms with van der Waals surface area (Å²) in [4.78, 5) is 60.6. The molecule has 5 unspecified atom stereocenters. The molecule has 0 radical (unpaired) electrons. The SMILES string of the molecule is CSCCC(NC(=O)C(NC(=O)C(N)CCC(=O)O)C(C)O)C(=O)NC(Cc1ccc(O)cc1)C(=O)O. The first kappa shape index (κ1) is 31.7. The molecule has 0 aliphatic heterocycles. The highest BCUT2D eigenvalue weighted by molar-refractivity contribution is 7.98. The van der Waals surface area contributed by atoms with Crippen LogP contribution in [0.3, 0.4) is 0 Å². The quantitative estimate of drug-likeness (QED) is 0.124. The van der Waals surface area contributed by atoms with Crippen molar-refractivity contribution in [3.05, 3.63) is 29.8 Å². The Kier molecular flexibility index (Phi) is 13.4. The van der Waals surface area contributed by atoms with Crippen molar-refractivity contribution in [1.82, 2.24) is 16.0 Å². The number of benzene rings is 1. The summed E-state index contributed by atoms with van der Waals surface area (Å²) in [6, 6.07) is 0.552. The number of aromatic hydroxyl groups is 1. The lowest BCUT2D eigenvalue weighted by atomic mass is 10.0. The molecule has 0 saturated carbocycles. The highest BCUT2D eigenvalue weighted by Crippen LogP contribution is 2.12. The fourth-order valence-electron chi connectivity index (χ4n) is 3.18. The third-order valence-electron chi connectivity index (χ3n) is 5.30. The lowest BCUT2D eigenvalue weighted by molar-refractivity contribution is -0.142. The van der Waals surface area contributed by atoms with E-state index in [1.807, 2.05) is 0 Å². The average molecular weight is 543 g/mol. The maximum absolute atomic E-state index is 13.0. The van der Waals surface area contributed by atoms with E-state index < -0.39 is 59.9 Å². The van der Waals surface area contributed by atoms with Crippen molar-refractivity contribution in [2.24, 2.45) is 5.73 Å². The second kappa shape index (κ2) is 15.7. The van der Waals surface area contributed by atoms with Gasteiger partial charge in [0.15, 0.2) is 0 Å². The topological polar surface area (TPSA) is 228 Å². The highest BCUT2D eigenvalue weighted by Gasteiger charge is 2.32. The van der Waals surface area contributed by atoms with Crippen molar-refractivity contribution >= 4 is 41.4 Å². The Labute approximate surface area is 218 Å². The Morgan fingerprint density at radius 3 is 2.03 bits per heavy atom. The number of nitrogens with two attached hydrogens (primary N) is 1. The summed E-state index contributed by atoms with van der Waals surface area (Å²) in [6.07, 6.45) is -0.119. The lowest BCUT2D eigenvalue weighted by Gasteiger charge is -2.26. The van der Waals surface area contributed by atoms with Crippen molar-refractivity contribution in [3.63, 3.8) is 0 Å². The number of carboxylic acids is 2. The summed E-state index contributed by atoms with van der Waals surface area (Å²) in [7, 11) is 0. The maximum atomic E-state index is 13.0. The molecular formula is C23H34N4O9S. The molecule has 0 fully saturated rings. The standard InChI is InChI=1S/C23H34N4O9S/c1-12(28)19(27-20(32)15(24)7-8-18(30)31)22(34)25-16(9-10-37-2)21(33)26-17(23(35)36)11-13-3-5-14(29)6-4-13/h3-6,12,15-17,19,28-29H,7-11,24H2,1-2H3,(H,25,34)(H,26,33)(H,27,32)(H,30,31)(H,35,36). The van der Waals surface area contributed by atoms with Gasteiger partial charge in [0.2, 0.25) is 17.7 Å². The van der Waals surface area contributed by atoms with Gasteiger partial charge in [-0.25, -0.2) is 4.79 Å². The van der Waals surface area contributed by atoms with Crippen molar-refractivity contribution in [3.8, 4) is 5.75 Å². The van der Waals surface area contributed by atoms with Gasteiger partial charge in [-0.2, -0.15) is 11.8 Å². The van der Waals surface area contributed by atoms with E-state index in [2.05, 4.69) is 16.0 Å². The first-order chi connectivity index (χ1) is 17.3. The summed E-state index contributed by atoms with van der Waals surface area (Å²) in [6.45, 7) is 1.24. The number of carbonyl (C=O) groups excluding carboxylic acids is 3. The van der Waals surface area contributed by atoms with Crippen molar-refractivity contribution in [2.75, 3.05) is 12.0 Å². The predicted molar refractivity (Wildman–Crippen MR) is 135 cm³/mol. The van der Waals surface area contributed by atoms with E-state index in [0.29, 0.717) is 11.3 Å². The van der Waals surface area contributed by atoms with Crippen molar-refractivity contribution in [1.29, 1.82) is 0 Å². The molecule has 9 N–H and O–H groups in total. The van der Waals surface area contributed by atoms with Crippen LogP contribution in [-0.2, 0) is 30.4 Å². The zero-order valence-electron chi connectivity index (χ0n) is 20.5. The Bertz CT molecular complexity index is 943. The lowest BCUT2D eigenvalue weighted by Crippen LogP contribution is -2.60. The molecule has 0 bridgehead atoms. The molecule has 0 aliphatic rings. The van der Waals surface area contributed by atoms with E-state index in [1.165, 1.54) is 43.0 Å². The number of nitrogens with one attached hydrogen (secondary N) is 3. The normalized spacial score (nSPS) is 14.9. The molecule has 1 rings (SSSR count). The van der Waals surface area contributed by atoms with Crippen LogP contribution in [0.1, 0.15) is 31.7 Å². The van der Waals surface area contributed by atoms with Crippen LogP contribution in [0.25, 0.3) is 0 Å². The van der Waals surface area contributed by atoms with Gasteiger partial charge in [0.1, 0.15) is 23.9 Å². The molecule has 0 saturated heterocycles.